The predicted octanol–water partition coefficient (Wildman–Crippen LogP) is 1.62. The first-order valence-electron chi connectivity index (χ1n) is 7.45. The summed E-state index contributed by atoms with van der Waals surface area (Å²) in [5, 5.41) is 4.16. The molecule has 0 bridgehead atoms. The molecule has 0 aliphatic rings. The van der Waals surface area contributed by atoms with Crippen molar-refractivity contribution in [3.63, 3.8) is 0 Å². The van der Waals surface area contributed by atoms with Gasteiger partial charge in [-0.05, 0) is 30.5 Å². The molecule has 0 unspecified atom stereocenters. The van der Waals surface area contributed by atoms with Gasteiger partial charge in [-0.2, -0.15) is 0 Å². The first-order valence-corrected chi connectivity index (χ1v) is 7.45. The molecule has 6 heteroatoms. The van der Waals surface area contributed by atoms with E-state index in [1.807, 2.05) is 31.2 Å². The topological polar surface area (TPSA) is 61.3 Å². The Morgan fingerprint density at radius 1 is 1.14 bits per heavy atom. The smallest absolute Gasteiger partial charge is 0.280 e. The quantitative estimate of drug-likeness (QED) is 0.735. The third-order valence-electron chi connectivity index (χ3n) is 3.68. The number of hydrogen-bond acceptors (Lipinski definition) is 3. The van der Waals surface area contributed by atoms with Gasteiger partial charge in [0.25, 0.3) is 0 Å². The lowest BCUT2D eigenvalue weighted by Crippen LogP contribution is -2.24. The highest BCUT2D eigenvalue weighted by molar-refractivity contribution is 5.41. The Kier molecular flexibility index (Phi) is 3.66. The summed E-state index contributed by atoms with van der Waals surface area (Å²) in [6, 6.07) is 7.79. The van der Waals surface area contributed by atoms with E-state index in [0.717, 1.165) is 24.1 Å². The molecule has 0 atom stereocenters. The molecule has 0 aliphatic carbocycles. The summed E-state index contributed by atoms with van der Waals surface area (Å²) >= 11 is 0. The second kappa shape index (κ2) is 5.63. The van der Waals surface area contributed by atoms with Crippen LogP contribution < -0.4 is 11.2 Å². The summed E-state index contributed by atoms with van der Waals surface area (Å²) in [5.74, 6) is 0. The lowest BCUT2D eigenvalue weighted by molar-refractivity contribution is 0.582. The monoisotopic (exact) mass is 298 g/mol. The lowest BCUT2D eigenvalue weighted by atomic mass is 10.1. The molecular formula is C16H18N4O2. The fraction of sp³-hybridized carbons (Fsp3) is 0.312. The van der Waals surface area contributed by atoms with Crippen LogP contribution in [-0.2, 0) is 13.0 Å². The van der Waals surface area contributed by atoms with Crippen LogP contribution in [0.3, 0.4) is 0 Å². The van der Waals surface area contributed by atoms with E-state index >= 15 is 0 Å². The first kappa shape index (κ1) is 14.3. The summed E-state index contributed by atoms with van der Waals surface area (Å²) in [6.45, 7) is 4.54. The molecule has 3 aromatic rings. The number of fused-ring (bicyclic) bond motifs is 1. The molecule has 1 aromatic carbocycles. The Hall–Kier alpha value is -2.63. The van der Waals surface area contributed by atoms with Gasteiger partial charge in [0.2, 0.25) is 5.65 Å². The van der Waals surface area contributed by atoms with E-state index in [0.29, 0.717) is 6.54 Å². The van der Waals surface area contributed by atoms with Gasteiger partial charge in [0, 0.05) is 24.6 Å². The van der Waals surface area contributed by atoms with E-state index in [9.17, 15) is 9.59 Å². The standard InChI is InChI=1S/C16H18N4O2/c1-3-8-20-16(22)19-10-9-18(15(21)14(19)17-20)13-7-5-6-12(4-2)11-13/h5-7,9-11H,3-4,8H2,1-2H3. The molecule has 0 spiro atoms. The molecule has 6 nitrogen and oxygen atoms in total. The lowest BCUT2D eigenvalue weighted by Gasteiger charge is -2.06. The summed E-state index contributed by atoms with van der Waals surface area (Å²) in [7, 11) is 0. The molecule has 22 heavy (non-hydrogen) atoms. The van der Waals surface area contributed by atoms with Crippen LogP contribution in [-0.4, -0.2) is 18.7 Å². The predicted molar refractivity (Wildman–Crippen MR) is 84.7 cm³/mol. The van der Waals surface area contributed by atoms with Gasteiger partial charge < -0.3 is 0 Å². The van der Waals surface area contributed by atoms with Crippen LogP contribution in [0.2, 0.25) is 0 Å². The maximum atomic E-state index is 12.6. The van der Waals surface area contributed by atoms with Gasteiger partial charge in [0.1, 0.15) is 0 Å². The van der Waals surface area contributed by atoms with Gasteiger partial charge in [-0.3, -0.25) is 9.36 Å². The largest absolute Gasteiger partial charge is 0.350 e. The van der Waals surface area contributed by atoms with Crippen molar-refractivity contribution in [2.75, 3.05) is 0 Å². The minimum Gasteiger partial charge on any atom is -0.280 e. The molecule has 0 amide bonds. The molecule has 114 valence electrons. The second-order valence-electron chi connectivity index (χ2n) is 5.20. The molecular weight excluding hydrogens is 280 g/mol. The Morgan fingerprint density at radius 3 is 2.68 bits per heavy atom. The summed E-state index contributed by atoms with van der Waals surface area (Å²) in [5.41, 5.74) is 1.52. The zero-order valence-corrected chi connectivity index (χ0v) is 12.7. The van der Waals surface area contributed by atoms with Crippen molar-refractivity contribution < 1.29 is 0 Å². The second-order valence-corrected chi connectivity index (χ2v) is 5.20. The van der Waals surface area contributed by atoms with Crippen molar-refractivity contribution in [2.24, 2.45) is 0 Å². The van der Waals surface area contributed by atoms with Crippen LogP contribution in [0.15, 0.2) is 46.2 Å². The molecule has 0 aliphatic heterocycles. The van der Waals surface area contributed by atoms with Crippen LogP contribution in [0.1, 0.15) is 25.8 Å². The molecule has 0 N–H and O–H groups in total. The third-order valence-corrected chi connectivity index (χ3v) is 3.68. The van der Waals surface area contributed by atoms with Gasteiger partial charge in [0.15, 0.2) is 0 Å². The maximum absolute atomic E-state index is 12.6. The van der Waals surface area contributed by atoms with Crippen molar-refractivity contribution >= 4 is 5.65 Å². The highest BCUT2D eigenvalue weighted by atomic mass is 16.2. The normalized spacial score (nSPS) is 11.2. The number of hydrogen-bond donors (Lipinski definition) is 0. The first-order chi connectivity index (χ1) is 10.7. The van der Waals surface area contributed by atoms with Crippen molar-refractivity contribution in [1.82, 2.24) is 18.7 Å². The van der Waals surface area contributed by atoms with Gasteiger partial charge in [0.05, 0.1) is 0 Å². The summed E-state index contributed by atoms with van der Waals surface area (Å²) in [4.78, 5) is 24.8. The average molecular weight is 298 g/mol. The molecule has 3 rings (SSSR count). The fourth-order valence-corrected chi connectivity index (χ4v) is 2.50. The molecule has 0 radical (unpaired) electrons. The van der Waals surface area contributed by atoms with Crippen molar-refractivity contribution in [2.45, 2.75) is 33.2 Å². The van der Waals surface area contributed by atoms with E-state index in [1.165, 1.54) is 13.6 Å². The SMILES string of the molecule is CCCn1nc2c(=O)n(-c3cccc(CC)c3)ccn2c1=O. The van der Waals surface area contributed by atoms with Gasteiger partial charge in [-0.25, -0.2) is 13.9 Å². The number of benzene rings is 1. The van der Waals surface area contributed by atoms with Crippen molar-refractivity contribution in [3.8, 4) is 5.69 Å². The van der Waals surface area contributed by atoms with Crippen molar-refractivity contribution in [3.05, 3.63) is 63.1 Å². The minimum atomic E-state index is -0.289. The third kappa shape index (κ3) is 2.26. The number of rotatable bonds is 4. The highest BCUT2D eigenvalue weighted by Crippen LogP contribution is 2.09. The van der Waals surface area contributed by atoms with E-state index in [4.69, 9.17) is 0 Å². The van der Waals surface area contributed by atoms with Crippen LogP contribution in [0.5, 0.6) is 0 Å². The number of nitrogens with zero attached hydrogens (tertiary/aromatic N) is 4. The number of aryl methyl sites for hydroxylation is 2. The van der Waals surface area contributed by atoms with Crippen LogP contribution in [0, 0.1) is 0 Å². The minimum absolute atomic E-state index is 0.155. The van der Waals surface area contributed by atoms with Crippen molar-refractivity contribution in [1.29, 1.82) is 0 Å². The average Bonchev–Trinajstić information content (AvgIpc) is 2.86. The Balaban J connectivity index is 2.22. The zero-order chi connectivity index (χ0) is 15.7. The molecule has 0 saturated carbocycles. The van der Waals surface area contributed by atoms with Gasteiger partial charge in [-0.1, -0.05) is 26.0 Å². The molecule has 0 fully saturated rings. The van der Waals surface area contributed by atoms with Gasteiger partial charge in [-0.15, -0.1) is 5.10 Å². The Labute approximate surface area is 127 Å². The van der Waals surface area contributed by atoms with E-state index < -0.39 is 0 Å². The van der Waals surface area contributed by atoms with E-state index in [2.05, 4.69) is 12.0 Å². The fourth-order valence-electron chi connectivity index (χ4n) is 2.50. The van der Waals surface area contributed by atoms with E-state index in [1.54, 1.807) is 12.4 Å². The van der Waals surface area contributed by atoms with Crippen LogP contribution in [0.25, 0.3) is 11.3 Å². The van der Waals surface area contributed by atoms with Gasteiger partial charge >= 0.3 is 11.2 Å². The summed E-state index contributed by atoms with van der Waals surface area (Å²) < 4.78 is 4.17. The van der Waals surface area contributed by atoms with Crippen LogP contribution in [0.4, 0.5) is 0 Å². The molecule has 0 saturated heterocycles. The molecule has 2 heterocycles. The highest BCUT2D eigenvalue weighted by Gasteiger charge is 2.12. The summed E-state index contributed by atoms with van der Waals surface area (Å²) in [6.07, 6.45) is 4.90. The zero-order valence-electron chi connectivity index (χ0n) is 12.7. The molecule has 2 aromatic heterocycles. The van der Waals surface area contributed by atoms with Crippen LogP contribution >= 0.6 is 0 Å². The Morgan fingerprint density at radius 2 is 1.95 bits per heavy atom. The van der Waals surface area contributed by atoms with E-state index in [-0.39, 0.29) is 16.9 Å². The maximum Gasteiger partial charge on any atom is 0.350 e. The Bertz CT molecular complexity index is 933. The number of aromatic nitrogens is 4.